The highest BCUT2D eigenvalue weighted by atomic mass is 32.1. The summed E-state index contributed by atoms with van der Waals surface area (Å²) in [7, 11) is 1.60. The van der Waals surface area contributed by atoms with E-state index in [2.05, 4.69) is 9.97 Å². The molecule has 0 saturated heterocycles. The lowest BCUT2D eigenvalue weighted by Crippen LogP contribution is -2.05. The number of nitrogens with zero attached hydrogens (tertiary/aromatic N) is 2. The van der Waals surface area contributed by atoms with Crippen LogP contribution >= 0.6 is 11.3 Å². The summed E-state index contributed by atoms with van der Waals surface area (Å²) in [4.78, 5) is 20.0. The molecule has 0 N–H and O–H groups in total. The lowest BCUT2D eigenvalue weighted by molar-refractivity contribution is -0.143. The van der Waals surface area contributed by atoms with Crippen LogP contribution in [0, 0.1) is 0 Å². The van der Waals surface area contributed by atoms with Crippen LogP contribution in [0.4, 0.5) is 0 Å². The van der Waals surface area contributed by atoms with Gasteiger partial charge in [0.25, 0.3) is 0 Å². The van der Waals surface area contributed by atoms with Crippen molar-refractivity contribution in [2.24, 2.45) is 0 Å². The number of carbonyl (C=O) groups is 1. The molecule has 112 valence electrons. The number of aromatic nitrogens is 2. The van der Waals surface area contributed by atoms with E-state index in [4.69, 9.17) is 9.47 Å². The van der Waals surface area contributed by atoms with Crippen LogP contribution in [0.5, 0.6) is 5.88 Å². The molecule has 0 radical (unpaired) electrons. The zero-order chi connectivity index (χ0) is 15.1. The first-order chi connectivity index (χ1) is 10.2. The van der Waals surface area contributed by atoms with Crippen molar-refractivity contribution in [3.05, 3.63) is 40.0 Å². The third-order valence-electron chi connectivity index (χ3n) is 2.85. The topological polar surface area (TPSA) is 61.3 Å². The zero-order valence-corrected chi connectivity index (χ0v) is 13.0. The Kier molecular flexibility index (Phi) is 5.68. The van der Waals surface area contributed by atoms with Gasteiger partial charge in [-0.1, -0.05) is 6.07 Å². The van der Waals surface area contributed by atoms with Gasteiger partial charge >= 0.3 is 5.97 Å². The van der Waals surface area contributed by atoms with Crippen LogP contribution in [-0.2, 0) is 22.4 Å². The van der Waals surface area contributed by atoms with Gasteiger partial charge in [0.2, 0.25) is 5.88 Å². The Labute approximate surface area is 128 Å². The highest BCUT2D eigenvalue weighted by Gasteiger charge is 2.07. The smallest absolute Gasteiger partial charge is 0.306 e. The second-order valence-electron chi connectivity index (χ2n) is 4.42. The van der Waals surface area contributed by atoms with Crippen LogP contribution in [0.3, 0.4) is 0 Å². The zero-order valence-electron chi connectivity index (χ0n) is 12.2. The Balaban J connectivity index is 1.88. The summed E-state index contributed by atoms with van der Waals surface area (Å²) in [6.45, 7) is 2.23. The van der Waals surface area contributed by atoms with Gasteiger partial charge in [0, 0.05) is 30.5 Å². The molecular formula is C15H18N2O3S. The molecule has 21 heavy (non-hydrogen) atoms. The predicted octanol–water partition coefficient (Wildman–Crippen LogP) is 2.63. The first-order valence-electron chi connectivity index (χ1n) is 6.79. The molecule has 0 spiro atoms. The number of pyridine rings is 1. The number of thiazole rings is 1. The molecule has 0 bridgehead atoms. The summed E-state index contributed by atoms with van der Waals surface area (Å²) in [6, 6.07) is 3.82. The van der Waals surface area contributed by atoms with Crippen LogP contribution < -0.4 is 4.74 Å². The first kappa shape index (κ1) is 15.4. The minimum absolute atomic E-state index is 0.175. The SMILES string of the molecule is CCOC(=O)CCc1csc(Cc2ccc(OC)nc2)n1. The van der Waals surface area contributed by atoms with E-state index in [1.54, 1.807) is 24.6 Å². The molecule has 0 saturated carbocycles. The summed E-state index contributed by atoms with van der Waals surface area (Å²) in [5.41, 5.74) is 2.02. The number of esters is 1. The second-order valence-corrected chi connectivity index (χ2v) is 5.37. The molecule has 6 heteroatoms. The summed E-state index contributed by atoms with van der Waals surface area (Å²) in [5.74, 6) is 0.430. The molecule has 0 aliphatic rings. The van der Waals surface area contributed by atoms with Gasteiger partial charge in [-0.25, -0.2) is 9.97 Å². The first-order valence-corrected chi connectivity index (χ1v) is 7.67. The Hall–Kier alpha value is -1.95. The van der Waals surface area contributed by atoms with Crippen molar-refractivity contribution in [2.45, 2.75) is 26.2 Å². The van der Waals surface area contributed by atoms with Gasteiger partial charge < -0.3 is 9.47 Å². The van der Waals surface area contributed by atoms with Crippen molar-refractivity contribution in [1.29, 1.82) is 0 Å². The third kappa shape index (κ3) is 4.82. The summed E-state index contributed by atoms with van der Waals surface area (Å²) in [5, 5.41) is 3.01. The quantitative estimate of drug-likeness (QED) is 0.736. The molecule has 0 aliphatic heterocycles. The molecule has 2 aromatic heterocycles. The van der Waals surface area contributed by atoms with Gasteiger partial charge in [0.1, 0.15) is 0 Å². The van der Waals surface area contributed by atoms with Crippen molar-refractivity contribution >= 4 is 17.3 Å². The van der Waals surface area contributed by atoms with Crippen molar-refractivity contribution < 1.29 is 14.3 Å². The normalized spacial score (nSPS) is 10.4. The Bertz CT molecular complexity index is 581. The molecule has 2 heterocycles. The number of carbonyl (C=O) groups excluding carboxylic acids is 1. The van der Waals surface area contributed by atoms with E-state index in [9.17, 15) is 4.79 Å². The van der Waals surface area contributed by atoms with E-state index in [0.29, 0.717) is 25.3 Å². The third-order valence-corrected chi connectivity index (χ3v) is 3.75. The average Bonchev–Trinajstić information content (AvgIpc) is 2.94. The molecule has 2 rings (SSSR count). The van der Waals surface area contributed by atoms with Gasteiger partial charge in [-0.3, -0.25) is 4.79 Å². The maximum Gasteiger partial charge on any atom is 0.306 e. The number of methoxy groups -OCH3 is 1. The number of ether oxygens (including phenoxy) is 2. The largest absolute Gasteiger partial charge is 0.481 e. The lowest BCUT2D eigenvalue weighted by atomic mass is 10.2. The summed E-state index contributed by atoms with van der Waals surface area (Å²) < 4.78 is 9.93. The van der Waals surface area contributed by atoms with Gasteiger partial charge in [0.15, 0.2) is 0 Å². The monoisotopic (exact) mass is 306 g/mol. The standard InChI is InChI=1S/C15H18N2O3S/c1-3-20-15(18)7-5-12-10-21-14(17-12)8-11-4-6-13(19-2)16-9-11/h4,6,9-10H,3,5,7-8H2,1-2H3. The molecule has 0 aliphatic carbocycles. The van der Waals surface area contributed by atoms with Crippen LogP contribution in [0.2, 0.25) is 0 Å². The Morgan fingerprint density at radius 1 is 1.38 bits per heavy atom. The Morgan fingerprint density at radius 3 is 2.90 bits per heavy atom. The molecule has 0 amide bonds. The van der Waals surface area contributed by atoms with E-state index in [1.807, 2.05) is 24.4 Å². The van der Waals surface area contributed by atoms with Crippen LogP contribution in [0.1, 0.15) is 29.6 Å². The molecule has 0 aromatic carbocycles. The second kappa shape index (κ2) is 7.73. The van der Waals surface area contributed by atoms with Gasteiger partial charge in [-0.15, -0.1) is 11.3 Å². The molecule has 0 fully saturated rings. The molecule has 2 aromatic rings. The van der Waals surface area contributed by atoms with Crippen LogP contribution in [0.15, 0.2) is 23.7 Å². The Morgan fingerprint density at radius 2 is 2.24 bits per heavy atom. The van der Waals surface area contributed by atoms with Crippen molar-refractivity contribution in [3.63, 3.8) is 0 Å². The highest BCUT2D eigenvalue weighted by molar-refractivity contribution is 7.09. The molecule has 0 unspecified atom stereocenters. The average molecular weight is 306 g/mol. The maximum atomic E-state index is 11.3. The summed E-state index contributed by atoms with van der Waals surface area (Å²) >= 11 is 1.60. The lowest BCUT2D eigenvalue weighted by Gasteiger charge is -2.00. The van der Waals surface area contributed by atoms with Gasteiger partial charge in [-0.05, 0) is 12.5 Å². The van der Waals surface area contributed by atoms with Gasteiger partial charge in [0.05, 0.1) is 30.8 Å². The van der Waals surface area contributed by atoms with E-state index in [0.717, 1.165) is 22.7 Å². The fourth-order valence-corrected chi connectivity index (χ4v) is 2.68. The minimum Gasteiger partial charge on any atom is -0.481 e. The fourth-order valence-electron chi connectivity index (χ4n) is 1.82. The maximum absolute atomic E-state index is 11.3. The van der Waals surface area contributed by atoms with Gasteiger partial charge in [-0.2, -0.15) is 0 Å². The van der Waals surface area contributed by atoms with E-state index in [-0.39, 0.29) is 5.97 Å². The van der Waals surface area contributed by atoms with E-state index < -0.39 is 0 Å². The summed E-state index contributed by atoms with van der Waals surface area (Å²) in [6.07, 6.45) is 3.52. The van der Waals surface area contributed by atoms with Crippen molar-refractivity contribution in [2.75, 3.05) is 13.7 Å². The number of hydrogen-bond donors (Lipinski definition) is 0. The predicted molar refractivity (Wildman–Crippen MR) is 80.7 cm³/mol. The number of hydrogen-bond acceptors (Lipinski definition) is 6. The number of aryl methyl sites for hydroxylation is 1. The molecule has 5 nitrogen and oxygen atoms in total. The van der Waals surface area contributed by atoms with E-state index in [1.165, 1.54) is 0 Å². The molecular weight excluding hydrogens is 288 g/mol. The van der Waals surface area contributed by atoms with Crippen LogP contribution in [0.25, 0.3) is 0 Å². The van der Waals surface area contributed by atoms with Crippen molar-refractivity contribution in [3.8, 4) is 5.88 Å². The molecule has 0 atom stereocenters. The number of rotatable bonds is 7. The highest BCUT2D eigenvalue weighted by Crippen LogP contribution is 2.17. The van der Waals surface area contributed by atoms with Crippen LogP contribution in [-0.4, -0.2) is 29.7 Å². The van der Waals surface area contributed by atoms with Crippen molar-refractivity contribution in [1.82, 2.24) is 9.97 Å². The minimum atomic E-state index is -0.175. The fraction of sp³-hybridized carbons (Fsp3) is 0.400. The van der Waals surface area contributed by atoms with E-state index >= 15 is 0 Å².